The molecule has 2 fully saturated rings. The second kappa shape index (κ2) is 11.0. The number of amides is 1. The SMILES string of the molecule is CCC(C)OC(=O)OCOc1ccc2c(c1)[C@@]13CCCC[C@H]1[C@@H](C2)N(C(=O)OCc1ccccc1)CC3. The number of nitrogens with zero attached hydrogens (tertiary/aromatic N) is 1. The topological polar surface area (TPSA) is 74.3 Å². The van der Waals surface area contributed by atoms with E-state index in [0.29, 0.717) is 24.8 Å². The summed E-state index contributed by atoms with van der Waals surface area (Å²) in [6.07, 6.45) is 5.97. The average molecular weight is 508 g/mol. The van der Waals surface area contributed by atoms with Gasteiger partial charge in [-0.25, -0.2) is 9.59 Å². The number of likely N-dealkylation sites (tertiary alicyclic amines) is 1. The molecule has 7 heteroatoms. The van der Waals surface area contributed by atoms with Gasteiger partial charge in [-0.15, -0.1) is 0 Å². The molecule has 7 nitrogen and oxygen atoms in total. The lowest BCUT2D eigenvalue weighted by Gasteiger charge is -2.58. The Kier molecular flexibility index (Phi) is 7.58. The molecule has 0 aromatic heterocycles. The van der Waals surface area contributed by atoms with Crippen LogP contribution in [0.2, 0.25) is 0 Å². The fraction of sp³-hybridized carbons (Fsp3) is 0.533. The maximum absolute atomic E-state index is 13.2. The van der Waals surface area contributed by atoms with Crippen molar-refractivity contribution in [2.45, 2.75) is 83.0 Å². The number of hydrogen-bond donors (Lipinski definition) is 0. The standard InChI is InChI=1S/C30H37NO6/c1-3-21(2)37-29(33)36-20-35-24-13-12-23-17-27-25-11-7-8-14-30(25,26(23)18-24)15-16-31(27)28(32)34-19-22-9-5-4-6-10-22/h4-6,9-10,12-13,18,21,25,27H,3,7-8,11,14-17,19-20H2,1-2H3/t21?,25-,27+,30+/m0/s1. The van der Waals surface area contributed by atoms with Gasteiger partial charge in [0.1, 0.15) is 18.5 Å². The van der Waals surface area contributed by atoms with Gasteiger partial charge in [-0.05, 0) is 73.8 Å². The molecule has 1 amide bonds. The van der Waals surface area contributed by atoms with E-state index in [1.165, 1.54) is 24.0 Å². The van der Waals surface area contributed by atoms with E-state index < -0.39 is 6.16 Å². The molecular weight excluding hydrogens is 470 g/mol. The number of fused-ring (bicyclic) bond motifs is 1. The van der Waals surface area contributed by atoms with Gasteiger partial charge in [-0.1, -0.05) is 56.2 Å². The molecule has 2 aliphatic carbocycles. The lowest BCUT2D eigenvalue weighted by molar-refractivity contribution is -0.0163. The van der Waals surface area contributed by atoms with E-state index in [9.17, 15) is 9.59 Å². The molecule has 0 spiro atoms. The lowest BCUT2D eigenvalue weighted by atomic mass is 9.52. The van der Waals surface area contributed by atoms with E-state index in [-0.39, 0.29) is 30.4 Å². The zero-order valence-corrected chi connectivity index (χ0v) is 21.8. The molecule has 198 valence electrons. The normalized spacial score (nSPS) is 24.8. The zero-order valence-electron chi connectivity index (χ0n) is 21.8. The number of piperidine rings is 1. The quantitative estimate of drug-likeness (QED) is 0.320. The predicted molar refractivity (Wildman–Crippen MR) is 138 cm³/mol. The third kappa shape index (κ3) is 5.27. The Morgan fingerprint density at radius 2 is 1.92 bits per heavy atom. The summed E-state index contributed by atoms with van der Waals surface area (Å²) in [5.41, 5.74) is 3.65. The first-order valence-corrected chi connectivity index (χ1v) is 13.6. The van der Waals surface area contributed by atoms with E-state index in [2.05, 4.69) is 12.1 Å². The molecular formula is C30H37NO6. The van der Waals surface area contributed by atoms with Crippen LogP contribution in [0, 0.1) is 5.92 Å². The van der Waals surface area contributed by atoms with Crippen molar-refractivity contribution in [3.63, 3.8) is 0 Å². The molecule has 1 saturated heterocycles. The largest absolute Gasteiger partial charge is 0.511 e. The molecule has 0 N–H and O–H groups in total. The molecule has 2 aromatic carbocycles. The van der Waals surface area contributed by atoms with Crippen molar-refractivity contribution in [1.82, 2.24) is 4.90 Å². The molecule has 1 heterocycles. The average Bonchev–Trinajstić information content (AvgIpc) is 2.92. The fourth-order valence-electron chi connectivity index (χ4n) is 6.53. The van der Waals surface area contributed by atoms with Crippen LogP contribution in [0.25, 0.3) is 0 Å². The van der Waals surface area contributed by atoms with Gasteiger partial charge in [-0.3, -0.25) is 0 Å². The van der Waals surface area contributed by atoms with Crippen LogP contribution in [0.1, 0.15) is 69.1 Å². The molecule has 1 saturated carbocycles. The summed E-state index contributed by atoms with van der Waals surface area (Å²) in [5, 5.41) is 0. The van der Waals surface area contributed by atoms with Crippen LogP contribution in [0.15, 0.2) is 48.5 Å². The van der Waals surface area contributed by atoms with Gasteiger partial charge in [0.05, 0.1) is 0 Å². The minimum atomic E-state index is -0.715. The number of rotatable bonds is 7. The third-order valence-corrected chi connectivity index (χ3v) is 8.52. The van der Waals surface area contributed by atoms with E-state index in [4.69, 9.17) is 18.9 Å². The summed E-state index contributed by atoms with van der Waals surface area (Å²) < 4.78 is 21.8. The van der Waals surface area contributed by atoms with Crippen LogP contribution >= 0.6 is 0 Å². The van der Waals surface area contributed by atoms with Crippen molar-refractivity contribution in [3.05, 3.63) is 65.2 Å². The number of benzene rings is 2. The van der Waals surface area contributed by atoms with Crippen LogP contribution in [0.3, 0.4) is 0 Å². The van der Waals surface area contributed by atoms with Crippen LogP contribution in [0.4, 0.5) is 9.59 Å². The maximum atomic E-state index is 13.2. The van der Waals surface area contributed by atoms with Gasteiger partial charge < -0.3 is 23.8 Å². The van der Waals surface area contributed by atoms with Crippen molar-refractivity contribution < 1.29 is 28.5 Å². The second-order valence-corrected chi connectivity index (χ2v) is 10.6. The highest BCUT2D eigenvalue weighted by Gasteiger charge is 2.55. The van der Waals surface area contributed by atoms with Crippen LogP contribution in [0.5, 0.6) is 5.75 Å². The minimum absolute atomic E-state index is 0.0441. The number of hydrogen-bond acceptors (Lipinski definition) is 6. The van der Waals surface area contributed by atoms with Crippen LogP contribution in [-0.4, -0.2) is 42.6 Å². The van der Waals surface area contributed by atoms with Crippen molar-refractivity contribution in [3.8, 4) is 5.75 Å². The molecule has 2 aromatic rings. The van der Waals surface area contributed by atoms with E-state index in [1.54, 1.807) is 0 Å². The molecule has 1 aliphatic heterocycles. The Balaban J connectivity index is 1.29. The second-order valence-electron chi connectivity index (χ2n) is 10.6. The zero-order chi connectivity index (χ0) is 25.8. The van der Waals surface area contributed by atoms with Crippen molar-refractivity contribution in [2.75, 3.05) is 13.3 Å². The monoisotopic (exact) mass is 507 g/mol. The number of carbonyl (C=O) groups excluding carboxylic acids is 2. The van der Waals surface area contributed by atoms with Gasteiger partial charge in [0.25, 0.3) is 0 Å². The summed E-state index contributed by atoms with van der Waals surface area (Å²) in [4.78, 5) is 27.0. The van der Waals surface area contributed by atoms with Gasteiger partial charge in [0.2, 0.25) is 6.79 Å². The molecule has 1 unspecified atom stereocenters. The molecule has 0 radical (unpaired) electrons. The summed E-state index contributed by atoms with van der Waals surface area (Å²) in [6.45, 7) is 4.58. The molecule has 4 atom stereocenters. The maximum Gasteiger partial charge on any atom is 0.511 e. The van der Waals surface area contributed by atoms with Crippen molar-refractivity contribution in [1.29, 1.82) is 0 Å². The van der Waals surface area contributed by atoms with Crippen molar-refractivity contribution in [2.24, 2.45) is 5.92 Å². The Morgan fingerprint density at radius 1 is 1.08 bits per heavy atom. The first-order chi connectivity index (χ1) is 18.0. The summed E-state index contributed by atoms with van der Waals surface area (Å²) in [5.74, 6) is 1.10. The van der Waals surface area contributed by atoms with Crippen LogP contribution < -0.4 is 4.74 Å². The van der Waals surface area contributed by atoms with E-state index in [0.717, 1.165) is 37.7 Å². The Hall–Kier alpha value is -3.22. The molecule has 2 bridgehead atoms. The predicted octanol–water partition coefficient (Wildman–Crippen LogP) is 6.37. The molecule has 3 aliphatic rings. The van der Waals surface area contributed by atoms with Gasteiger partial charge in [0.15, 0.2) is 0 Å². The Morgan fingerprint density at radius 3 is 2.73 bits per heavy atom. The summed E-state index contributed by atoms with van der Waals surface area (Å²) in [6, 6.07) is 16.2. The first-order valence-electron chi connectivity index (χ1n) is 13.6. The van der Waals surface area contributed by atoms with Gasteiger partial charge >= 0.3 is 12.2 Å². The molecule has 5 rings (SSSR count). The third-order valence-electron chi connectivity index (χ3n) is 8.52. The fourth-order valence-corrected chi connectivity index (χ4v) is 6.53. The highest BCUT2D eigenvalue weighted by atomic mass is 16.8. The summed E-state index contributed by atoms with van der Waals surface area (Å²) >= 11 is 0. The molecule has 37 heavy (non-hydrogen) atoms. The van der Waals surface area contributed by atoms with Crippen LogP contribution in [-0.2, 0) is 32.7 Å². The summed E-state index contributed by atoms with van der Waals surface area (Å²) in [7, 11) is 0. The Bertz CT molecular complexity index is 1100. The number of ether oxygens (including phenoxy) is 4. The van der Waals surface area contributed by atoms with E-state index in [1.807, 2.05) is 55.1 Å². The number of carbonyl (C=O) groups is 2. The lowest BCUT2D eigenvalue weighted by Crippen LogP contribution is -2.62. The van der Waals surface area contributed by atoms with Gasteiger partial charge in [-0.2, -0.15) is 0 Å². The smallest absolute Gasteiger partial charge is 0.457 e. The minimum Gasteiger partial charge on any atom is -0.457 e. The van der Waals surface area contributed by atoms with E-state index >= 15 is 0 Å². The highest BCUT2D eigenvalue weighted by molar-refractivity contribution is 5.69. The first kappa shape index (κ1) is 25.4. The van der Waals surface area contributed by atoms with Gasteiger partial charge in [0, 0.05) is 18.0 Å². The van der Waals surface area contributed by atoms with Crippen molar-refractivity contribution >= 4 is 12.2 Å². The Labute approximate surface area is 219 Å². The highest BCUT2D eigenvalue weighted by Crippen LogP contribution is 2.56.